The molecule has 7 heteroatoms. The summed E-state index contributed by atoms with van der Waals surface area (Å²) in [6.07, 6.45) is 0. The molecule has 0 bridgehead atoms. The van der Waals surface area contributed by atoms with Gasteiger partial charge in [-0.15, -0.1) is 0 Å². The molecule has 4 nitrogen and oxygen atoms in total. The Morgan fingerprint density at radius 1 is 0.947 bits per heavy atom. The monoisotopic (exact) mass is 557 g/mol. The lowest BCUT2D eigenvalue weighted by molar-refractivity contribution is -0.137. The van der Waals surface area contributed by atoms with E-state index in [4.69, 9.17) is 17.0 Å². The van der Waals surface area contributed by atoms with Crippen molar-refractivity contribution in [1.29, 1.82) is 0 Å². The van der Waals surface area contributed by atoms with Crippen molar-refractivity contribution in [3.05, 3.63) is 110 Å². The van der Waals surface area contributed by atoms with Crippen LogP contribution in [0.25, 0.3) is 10.5 Å². The number of anilines is 1. The Morgan fingerprint density at radius 2 is 1.61 bits per heavy atom. The molecule has 0 fully saturated rings. The van der Waals surface area contributed by atoms with E-state index in [1.54, 1.807) is 11.8 Å². The van der Waals surface area contributed by atoms with Crippen LogP contribution >= 0.6 is 35.7 Å². The molecule has 0 saturated carbocycles. The summed E-state index contributed by atoms with van der Waals surface area (Å²) in [7, 11) is 0. The van der Waals surface area contributed by atoms with Gasteiger partial charge in [-0.05, 0) is 57.5 Å². The Bertz CT molecular complexity index is 1510. The van der Waals surface area contributed by atoms with Gasteiger partial charge in [0.15, 0.2) is 0 Å². The minimum Gasteiger partial charge on any atom is -0.462 e. The summed E-state index contributed by atoms with van der Waals surface area (Å²) >= 11 is 9.11. The fourth-order valence-corrected chi connectivity index (χ4v) is 7.79. The highest BCUT2D eigenvalue weighted by atomic mass is 32.2. The molecule has 3 aromatic rings. The molecule has 0 unspecified atom stereocenters. The SMILES string of the molecule is CCOC(=O)C1=C(c2ccccc2)SC(=C2C(=S)C(C)(C)N(C(=O)c3ccccc3)c3ccc(C)cc32)S1. The Kier molecular flexibility index (Phi) is 7.36. The molecule has 3 aromatic carbocycles. The number of fused-ring (bicyclic) bond motifs is 1. The molecule has 0 aromatic heterocycles. The summed E-state index contributed by atoms with van der Waals surface area (Å²) in [4.78, 5) is 30.8. The molecule has 2 aliphatic heterocycles. The van der Waals surface area contributed by atoms with E-state index >= 15 is 0 Å². The average molecular weight is 558 g/mol. The number of aryl methyl sites for hydroxylation is 1. The first kappa shape index (κ1) is 26.5. The molecule has 192 valence electrons. The summed E-state index contributed by atoms with van der Waals surface area (Å²) in [5.41, 5.74) is 4.43. The molecule has 0 aliphatic carbocycles. The quantitative estimate of drug-likeness (QED) is 0.185. The molecule has 38 heavy (non-hydrogen) atoms. The highest BCUT2D eigenvalue weighted by Gasteiger charge is 2.45. The first-order chi connectivity index (χ1) is 18.2. The van der Waals surface area contributed by atoms with Crippen LogP contribution in [0.2, 0.25) is 0 Å². The number of rotatable bonds is 4. The number of hydrogen-bond acceptors (Lipinski definition) is 6. The minimum atomic E-state index is -0.784. The summed E-state index contributed by atoms with van der Waals surface area (Å²) in [6.45, 7) is 8.11. The van der Waals surface area contributed by atoms with Gasteiger partial charge in [-0.1, -0.05) is 95.9 Å². The summed E-state index contributed by atoms with van der Waals surface area (Å²) in [5.74, 6) is -0.445. The number of thioether (sulfide) groups is 2. The third-order valence-electron chi connectivity index (χ3n) is 6.52. The normalized spacial score (nSPS) is 18.4. The maximum absolute atomic E-state index is 13.9. The molecule has 0 atom stereocenters. The highest BCUT2D eigenvalue weighted by Crippen LogP contribution is 2.58. The second-order valence-corrected chi connectivity index (χ2v) is 12.2. The Labute approximate surface area is 237 Å². The van der Waals surface area contributed by atoms with Crippen molar-refractivity contribution < 1.29 is 14.3 Å². The van der Waals surface area contributed by atoms with E-state index in [1.807, 2.05) is 105 Å². The average Bonchev–Trinajstić information content (AvgIpc) is 3.36. The van der Waals surface area contributed by atoms with Crippen molar-refractivity contribution in [2.24, 2.45) is 0 Å². The van der Waals surface area contributed by atoms with Gasteiger partial charge in [0.25, 0.3) is 5.91 Å². The predicted molar refractivity (Wildman–Crippen MR) is 163 cm³/mol. The molecule has 1 amide bonds. The van der Waals surface area contributed by atoms with Crippen LogP contribution in [0.5, 0.6) is 0 Å². The van der Waals surface area contributed by atoms with Crippen LogP contribution < -0.4 is 4.90 Å². The van der Waals surface area contributed by atoms with Crippen LogP contribution in [0.15, 0.2) is 88.0 Å². The number of hydrogen-bond donors (Lipinski definition) is 0. The van der Waals surface area contributed by atoms with Gasteiger partial charge in [-0.2, -0.15) is 0 Å². The Balaban J connectivity index is 1.68. The minimum absolute atomic E-state index is 0.103. The standard InChI is InChI=1S/C31H27NO3S3/c1-5-35-29(34)26-25(20-12-8-6-9-13-20)37-30(38-26)24-22-18-19(2)16-17-23(22)32(31(3,4)27(24)36)28(33)21-14-10-7-11-15-21/h6-18H,5H2,1-4H3. The van der Waals surface area contributed by atoms with Gasteiger partial charge in [-0.3, -0.25) is 9.69 Å². The predicted octanol–water partition coefficient (Wildman–Crippen LogP) is 7.88. The zero-order valence-electron chi connectivity index (χ0n) is 21.6. The van der Waals surface area contributed by atoms with Gasteiger partial charge in [-0.25, -0.2) is 4.79 Å². The van der Waals surface area contributed by atoms with Crippen LogP contribution in [0, 0.1) is 6.92 Å². The number of carbonyl (C=O) groups excluding carboxylic acids is 2. The van der Waals surface area contributed by atoms with Crippen molar-refractivity contribution in [2.45, 2.75) is 33.2 Å². The smallest absolute Gasteiger partial charge is 0.346 e. The van der Waals surface area contributed by atoms with Crippen molar-refractivity contribution in [3.63, 3.8) is 0 Å². The Morgan fingerprint density at radius 3 is 2.26 bits per heavy atom. The zero-order chi connectivity index (χ0) is 27.0. The molecular formula is C31H27NO3S3. The van der Waals surface area contributed by atoms with Crippen LogP contribution in [-0.2, 0) is 9.53 Å². The van der Waals surface area contributed by atoms with E-state index in [9.17, 15) is 9.59 Å². The lowest BCUT2D eigenvalue weighted by Crippen LogP contribution is -2.56. The zero-order valence-corrected chi connectivity index (χ0v) is 24.1. The van der Waals surface area contributed by atoms with Gasteiger partial charge in [0.05, 0.1) is 26.9 Å². The Hall–Kier alpha value is -3.13. The first-order valence-electron chi connectivity index (χ1n) is 12.4. The van der Waals surface area contributed by atoms with E-state index in [1.165, 1.54) is 11.8 Å². The van der Waals surface area contributed by atoms with E-state index in [-0.39, 0.29) is 11.9 Å². The lowest BCUT2D eigenvalue weighted by Gasteiger charge is -2.45. The summed E-state index contributed by atoms with van der Waals surface area (Å²) in [5, 5.41) is 0. The molecule has 0 N–H and O–H groups in total. The number of ether oxygens (including phenoxy) is 1. The molecular weight excluding hydrogens is 531 g/mol. The number of amides is 1. The van der Waals surface area contributed by atoms with Crippen LogP contribution in [0.4, 0.5) is 5.69 Å². The third-order valence-corrected chi connectivity index (χ3v) is 9.86. The summed E-state index contributed by atoms with van der Waals surface area (Å²) in [6, 6.07) is 25.2. The lowest BCUT2D eigenvalue weighted by atomic mass is 9.82. The second-order valence-electron chi connectivity index (χ2n) is 9.53. The van der Waals surface area contributed by atoms with Gasteiger partial charge in [0.1, 0.15) is 4.91 Å². The van der Waals surface area contributed by atoms with Crippen molar-refractivity contribution in [1.82, 2.24) is 0 Å². The van der Waals surface area contributed by atoms with Crippen LogP contribution in [0.1, 0.15) is 47.8 Å². The maximum atomic E-state index is 13.9. The van der Waals surface area contributed by atoms with Gasteiger partial charge in [0.2, 0.25) is 0 Å². The van der Waals surface area contributed by atoms with Crippen LogP contribution in [0.3, 0.4) is 0 Å². The molecule has 0 saturated heterocycles. The number of thiocarbonyl (C=S) groups is 1. The summed E-state index contributed by atoms with van der Waals surface area (Å²) < 4.78 is 6.35. The van der Waals surface area contributed by atoms with Crippen molar-refractivity contribution >= 4 is 68.6 Å². The van der Waals surface area contributed by atoms with Gasteiger partial charge >= 0.3 is 5.97 Å². The highest BCUT2D eigenvalue weighted by molar-refractivity contribution is 8.32. The number of nitrogens with zero attached hydrogens (tertiary/aromatic N) is 1. The fraction of sp³-hybridized carbons (Fsp3) is 0.194. The van der Waals surface area contributed by atoms with E-state index in [0.29, 0.717) is 21.9 Å². The van der Waals surface area contributed by atoms with Crippen LogP contribution in [-0.4, -0.2) is 28.9 Å². The topological polar surface area (TPSA) is 46.6 Å². The van der Waals surface area contributed by atoms with E-state index in [2.05, 4.69) is 6.07 Å². The molecule has 2 aliphatic rings. The molecule has 2 heterocycles. The number of benzene rings is 3. The third kappa shape index (κ3) is 4.64. The van der Waals surface area contributed by atoms with E-state index in [0.717, 1.165) is 37.1 Å². The van der Waals surface area contributed by atoms with E-state index < -0.39 is 5.54 Å². The number of carbonyl (C=O) groups is 2. The second kappa shape index (κ2) is 10.6. The first-order valence-corrected chi connectivity index (χ1v) is 14.4. The van der Waals surface area contributed by atoms with Gasteiger partial charge < -0.3 is 4.74 Å². The van der Waals surface area contributed by atoms with Crippen molar-refractivity contribution in [3.8, 4) is 0 Å². The molecule has 5 rings (SSSR count). The largest absolute Gasteiger partial charge is 0.462 e. The maximum Gasteiger partial charge on any atom is 0.346 e. The molecule has 0 spiro atoms. The van der Waals surface area contributed by atoms with Gasteiger partial charge in [0, 0.05) is 21.6 Å². The molecule has 0 radical (unpaired) electrons. The fourth-order valence-electron chi connectivity index (χ4n) is 4.66. The number of esters is 1. The van der Waals surface area contributed by atoms with Crippen molar-refractivity contribution in [2.75, 3.05) is 11.5 Å².